The zero-order valence-electron chi connectivity index (χ0n) is 13.5. The van der Waals surface area contributed by atoms with Crippen LogP contribution in [0.1, 0.15) is 49.0 Å². The van der Waals surface area contributed by atoms with Crippen LogP contribution in [0.4, 0.5) is 11.5 Å². The van der Waals surface area contributed by atoms with Gasteiger partial charge < -0.3 is 10.6 Å². The van der Waals surface area contributed by atoms with E-state index < -0.39 is 0 Å². The van der Waals surface area contributed by atoms with Crippen molar-refractivity contribution in [2.75, 3.05) is 10.6 Å². The fraction of sp³-hybridized carbons (Fsp3) is 0.389. The van der Waals surface area contributed by atoms with Gasteiger partial charge in [0, 0.05) is 16.8 Å². The van der Waals surface area contributed by atoms with Crippen LogP contribution >= 0.6 is 11.6 Å². The molecule has 1 aliphatic carbocycles. The van der Waals surface area contributed by atoms with E-state index in [9.17, 15) is 4.79 Å². The molecule has 0 spiro atoms. The second-order valence-electron chi connectivity index (χ2n) is 6.10. The first-order chi connectivity index (χ1) is 11.7. The minimum absolute atomic E-state index is 0.286. The largest absolute Gasteiger partial charge is 0.366 e. The van der Waals surface area contributed by atoms with Gasteiger partial charge in [0.1, 0.15) is 5.82 Å². The molecule has 0 unspecified atom stereocenters. The molecule has 5 nitrogen and oxygen atoms in total. The number of amides is 1. The topological polar surface area (TPSA) is 66.9 Å². The summed E-state index contributed by atoms with van der Waals surface area (Å²) in [6.07, 6.45) is 7.47. The van der Waals surface area contributed by atoms with E-state index in [-0.39, 0.29) is 11.6 Å². The van der Waals surface area contributed by atoms with Crippen molar-refractivity contribution < 1.29 is 4.79 Å². The standard InChI is InChI=1S/C18H21ClN4O/c19-13-7-9-15(10-8-13)21-18(24)16-11-12-17(23-22-16)20-14-5-3-1-2-4-6-14/h7-12,14H,1-6H2,(H,20,23)(H,21,24). The van der Waals surface area contributed by atoms with Crippen molar-refractivity contribution in [1.82, 2.24) is 10.2 Å². The maximum atomic E-state index is 12.2. The molecule has 0 atom stereocenters. The van der Waals surface area contributed by atoms with E-state index in [2.05, 4.69) is 20.8 Å². The lowest BCUT2D eigenvalue weighted by molar-refractivity contribution is 0.102. The van der Waals surface area contributed by atoms with Crippen LogP contribution < -0.4 is 10.6 Å². The van der Waals surface area contributed by atoms with Crippen molar-refractivity contribution in [1.29, 1.82) is 0 Å². The number of benzene rings is 1. The maximum absolute atomic E-state index is 12.2. The molecule has 6 heteroatoms. The smallest absolute Gasteiger partial charge is 0.276 e. The van der Waals surface area contributed by atoms with Gasteiger partial charge in [-0.3, -0.25) is 4.79 Å². The minimum Gasteiger partial charge on any atom is -0.366 e. The van der Waals surface area contributed by atoms with Crippen LogP contribution in [0.3, 0.4) is 0 Å². The van der Waals surface area contributed by atoms with Gasteiger partial charge in [0.05, 0.1) is 0 Å². The lowest BCUT2D eigenvalue weighted by atomic mass is 10.1. The lowest BCUT2D eigenvalue weighted by Crippen LogP contribution is -2.20. The lowest BCUT2D eigenvalue weighted by Gasteiger charge is -2.16. The highest BCUT2D eigenvalue weighted by Crippen LogP contribution is 2.20. The molecule has 3 rings (SSSR count). The highest BCUT2D eigenvalue weighted by atomic mass is 35.5. The van der Waals surface area contributed by atoms with Gasteiger partial charge >= 0.3 is 0 Å². The molecule has 1 amide bonds. The van der Waals surface area contributed by atoms with Crippen LogP contribution in [-0.4, -0.2) is 22.1 Å². The molecule has 1 saturated carbocycles. The predicted molar refractivity (Wildman–Crippen MR) is 96.5 cm³/mol. The monoisotopic (exact) mass is 344 g/mol. The zero-order valence-corrected chi connectivity index (χ0v) is 14.2. The minimum atomic E-state index is -0.286. The molecule has 0 aliphatic heterocycles. The summed E-state index contributed by atoms with van der Waals surface area (Å²) >= 11 is 5.83. The van der Waals surface area contributed by atoms with Crippen molar-refractivity contribution in [3.8, 4) is 0 Å². The van der Waals surface area contributed by atoms with E-state index in [0.29, 0.717) is 16.8 Å². The van der Waals surface area contributed by atoms with Gasteiger partial charge in [-0.1, -0.05) is 37.3 Å². The summed E-state index contributed by atoms with van der Waals surface area (Å²) in [7, 11) is 0. The van der Waals surface area contributed by atoms with Crippen LogP contribution in [0, 0.1) is 0 Å². The van der Waals surface area contributed by atoms with E-state index in [1.54, 1.807) is 30.3 Å². The quantitative estimate of drug-likeness (QED) is 0.800. The molecule has 2 aromatic rings. The Bertz CT molecular complexity index is 664. The fourth-order valence-corrected chi connectivity index (χ4v) is 3.02. The van der Waals surface area contributed by atoms with Gasteiger partial charge in [-0.2, -0.15) is 0 Å². The van der Waals surface area contributed by atoms with E-state index in [1.807, 2.05) is 6.07 Å². The molecule has 2 N–H and O–H groups in total. The number of aromatic nitrogens is 2. The number of carbonyl (C=O) groups excluding carboxylic acids is 1. The molecule has 0 bridgehead atoms. The Hall–Kier alpha value is -2.14. The first-order valence-electron chi connectivity index (χ1n) is 8.38. The number of halogens is 1. The molecular formula is C18H21ClN4O. The molecule has 0 saturated heterocycles. The molecule has 1 fully saturated rings. The van der Waals surface area contributed by atoms with Gasteiger partial charge in [-0.25, -0.2) is 0 Å². The number of rotatable bonds is 4. The Kier molecular flexibility index (Phi) is 5.64. The molecule has 24 heavy (non-hydrogen) atoms. The van der Waals surface area contributed by atoms with E-state index >= 15 is 0 Å². The summed E-state index contributed by atoms with van der Waals surface area (Å²) in [6.45, 7) is 0. The molecule has 1 aliphatic rings. The van der Waals surface area contributed by atoms with Crippen LogP contribution in [-0.2, 0) is 0 Å². The van der Waals surface area contributed by atoms with Crippen molar-refractivity contribution in [3.63, 3.8) is 0 Å². The Morgan fingerprint density at radius 2 is 1.67 bits per heavy atom. The van der Waals surface area contributed by atoms with Crippen LogP contribution in [0.15, 0.2) is 36.4 Å². The number of anilines is 2. The Morgan fingerprint density at radius 1 is 0.958 bits per heavy atom. The average molecular weight is 345 g/mol. The summed E-state index contributed by atoms with van der Waals surface area (Å²) in [4.78, 5) is 12.2. The van der Waals surface area contributed by atoms with Gasteiger partial charge in [0.15, 0.2) is 5.69 Å². The molecule has 126 valence electrons. The van der Waals surface area contributed by atoms with Crippen LogP contribution in [0.25, 0.3) is 0 Å². The third-order valence-corrected chi connectivity index (χ3v) is 4.46. The second-order valence-corrected chi connectivity index (χ2v) is 6.53. The first-order valence-corrected chi connectivity index (χ1v) is 8.76. The third kappa shape index (κ3) is 4.68. The Labute approximate surface area is 146 Å². The third-order valence-electron chi connectivity index (χ3n) is 4.21. The van der Waals surface area contributed by atoms with Crippen molar-refractivity contribution in [3.05, 3.63) is 47.1 Å². The van der Waals surface area contributed by atoms with Gasteiger partial charge in [-0.15, -0.1) is 10.2 Å². The summed E-state index contributed by atoms with van der Waals surface area (Å²) in [5.41, 5.74) is 0.961. The first kappa shape index (κ1) is 16.7. The zero-order chi connectivity index (χ0) is 16.8. The summed E-state index contributed by atoms with van der Waals surface area (Å²) in [6, 6.07) is 10.9. The normalized spacial score (nSPS) is 15.5. The van der Waals surface area contributed by atoms with E-state index in [1.165, 1.54) is 38.5 Å². The number of hydrogen-bond acceptors (Lipinski definition) is 4. The summed E-state index contributed by atoms with van der Waals surface area (Å²) in [5.74, 6) is 0.441. The number of nitrogens with zero attached hydrogens (tertiary/aromatic N) is 2. The highest BCUT2D eigenvalue weighted by Gasteiger charge is 2.13. The Balaban J connectivity index is 1.58. The van der Waals surface area contributed by atoms with Crippen LogP contribution in [0.5, 0.6) is 0 Å². The molecule has 0 radical (unpaired) electrons. The number of hydrogen-bond donors (Lipinski definition) is 2. The number of carbonyl (C=O) groups is 1. The SMILES string of the molecule is O=C(Nc1ccc(Cl)cc1)c1ccc(NC2CCCCCC2)nn1. The van der Waals surface area contributed by atoms with E-state index in [4.69, 9.17) is 11.6 Å². The maximum Gasteiger partial charge on any atom is 0.276 e. The van der Waals surface area contributed by atoms with Crippen LogP contribution in [0.2, 0.25) is 5.02 Å². The highest BCUT2D eigenvalue weighted by molar-refractivity contribution is 6.30. The van der Waals surface area contributed by atoms with Gasteiger partial charge in [-0.05, 0) is 49.2 Å². The van der Waals surface area contributed by atoms with Crippen molar-refractivity contribution in [2.45, 2.75) is 44.6 Å². The molecular weight excluding hydrogens is 324 g/mol. The second kappa shape index (κ2) is 8.11. The summed E-state index contributed by atoms with van der Waals surface area (Å²) < 4.78 is 0. The number of nitrogens with one attached hydrogen (secondary N) is 2. The average Bonchev–Trinajstić information content (AvgIpc) is 2.86. The predicted octanol–water partition coefficient (Wildman–Crippen LogP) is 4.52. The van der Waals surface area contributed by atoms with Gasteiger partial charge in [0.2, 0.25) is 0 Å². The molecule has 1 aromatic heterocycles. The van der Waals surface area contributed by atoms with Gasteiger partial charge in [0.25, 0.3) is 5.91 Å². The summed E-state index contributed by atoms with van der Waals surface area (Å²) in [5, 5.41) is 15.0. The molecule has 1 aromatic carbocycles. The fourth-order valence-electron chi connectivity index (χ4n) is 2.89. The van der Waals surface area contributed by atoms with Crippen molar-refractivity contribution in [2.24, 2.45) is 0 Å². The van der Waals surface area contributed by atoms with Crippen molar-refractivity contribution >= 4 is 29.0 Å². The Morgan fingerprint density at radius 3 is 2.29 bits per heavy atom. The molecule has 1 heterocycles. The van der Waals surface area contributed by atoms with E-state index in [0.717, 1.165) is 5.82 Å².